The van der Waals surface area contributed by atoms with Crippen molar-refractivity contribution in [1.82, 2.24) is 0 Å². The highest BCUT2D eigenvalue weighted by Gasteiger charge is 2.05. The molecule has 4 rings (SSSR count). The van der Waals surface area contributed by atoms with Crippen molar-refractivity contribution >= 4 is 23.1 Å². The number of hydrogen-bond donors (Lipinski definition) is 0. The van der Waals surface area contributed by atoms with Crippen LogP contribution in [-0.4, -0.2) is 0 Å². The van der Waals surface area contributed by atoms with E-state index in [4.69, 9.17) is 9.68 Å². The molecular weight excluding hydrogens is 306 g/mol. The third kappa shape index (κ3) is 3.08. The van der Waals surface area contributed by atoms with Crippen LogP contribution in [0, 0.1) is 11.3 Å². The van der Waals surface area contributed by atoms with Crippen molar-refractivity contribution in [3.05, 3.63) is 95.6 Å². The lowest BCUT2D eigenvalue weighted by Crippen LogP contribution is -1.80. The average Bonchev–Trinajstić information content (AvgIpc) is 3.11. The molecule has 2 heteroatoms. The Kier molecular flexibility index (Phi) is 3.90. The summed E-state index contributed by atoms with van der Waals surface area (Å²) >= 11 is 0. The minimum Gasteiger partial charge on any atom is -0.456 e. The Balaban J connectivity index is 1.60. The summed E-state index contributed by atoms with van der Waals surface area (Å²) in [5, 5.41) is 10.2. The van der Waals surface area contributed by atoms with Crippen molar-refractivity contribution in [2.24, 2.45) is 0 Å². The van der Waals surface area contributed by atoms with Crippen molar-refractivity contribution in [3.63, 3.8) is 0 Å². The van der Waals surface area contributed by atoms with Gasteiger partial charge in [0.25, 0.3) is 0 Å². The molecule has 0 spiro atoms. The van der Waals surface area contributed by atoms with Gasteiger partial charge in [0.15, 0.2) is 0 Å². The zero-order valence-corrected chi connectivity index (χ0v) is 13.5. The molecule has 118 valence electrons. The third-order valence-electron chi connectivity index (χ3n) is 4.16. The normalized spacial score (nSPS) is 11.0. The molecule has 4 aromatic rings. The minimum absolute atomic E-state index is 0.678. The smallest absolute Gasteiger partial charge is 0.135 e. The van der Waals surface area contributed by atoms with E-state index in [0.717, 1.165) is 33.4 Å². The molecule has 0 aliphatic rings. The first kappa shape index (κ1) is 15.0. The molecule has 0 bridgehead atoms. The van der Waals surface area contributed by atoms with Gasteiger partial charge in [0.1, 0.15) is 11.3 Å². The third-order valence-corrected chi connectivity index (χ3v) is 4.16. The maximum absolute atomic E-state index is 9.14. The van der Waals surface area contributed by atoms with E-state index >= 15 is 0 Å². The number of para-hydroxylation sites is 1. The molecule has 1 aromatic heterocycles. The Labute approximate surface area is 146 Å². The van der Waals surface area contributed by atoms with Crippen molar-refractivity contribution < 1.29 is 4.42 Å². The van der Waals surface area contributed by atoms with E-state index in [0.29, 0.717) is 5.56 Å². The lowest BCUT2D eigenvalue weighted by atomic mass is 10.1. The summed E-state index contributed by atoms with van der Waals surface area (Å²) in [6.07, 6.45) is 3.98. The van der Waals surface area contributed by atoms with Crippen LogP contribution in [0.1, 0.15) is 16.7 Å². The molecule has 0 N–H and O–H groups in total. The van der Waals surface area contributed by atoms with Gasteiger partial charge in [0.05, 0.1) is 11.6 Å². The monoisotopic (exact) mass is 321 g/mol. The summed E-state index contributed by atoms with van der Waals surface area (Å²) < 4.78 is 5.90. The van der Waals surface area contributed by atoms with E-state index in [9.17, 15) is 0 Å². The summed E-state index contributed by atoms with van der Waals surface area (Å²) in [6, 6.07) is 28.0. The highest BCUT2D eigenvalue weighted by atomic mass is 16.3. The molecule has 0 radical (unpaired) electrons. The Hall–Kier alpha value is -3.57. The molecule has 3 aromatic carbocycles. The van der Waals surface area contributed by atoms with Crippen LogP contribution in [0.5, 0.6) is 0 Å². The molecule has 25 heavy (non-hydrogen) atoms. The van der Waals surface area contributed by atoms with E-state index in [2.05, 4.69) is 12.1 Å². The van der Waals surface area contributed by atoms with Crippen LogP contribution >= 0.6 is 0 Å². The van der Waals surface area contributed by atoms with Gasteiger partial charge in [-0.25, -0.2) is 0 Å². The number of fused-ring (bicyclic) bond motifs is 1. The predicted octanol–water partition coefficient (Wildman–Crippen LogP) is 6.14. The Morgan fingerprint density at radius 2 is 1.56 bits per heavy atom. The SMILES string of the molecule is N#Cc1ccccc1/C=C/c1ccc(-c2cc3ccccc3o2)cc1. The van der Waals surface area contributed by atoms with Crippen LogP contribution in [-0.2, 0) is 0 Å². The van der Waals surface area contributed by atoms with Crippen LogP contribution < -0.4 is 0 Å². The molecule has 0 aliphatic heterocycles. The molecular formula is C23H15NO. The molecule has 0 fully saturated rings. The largest absolute Gasteiger partial charge is 0.456 e. The number of rotatable bonds is 3. The second-order valence-corrected chi connectivity index (χ2v) is 5.80. The molecule has 1 heterocycles. The maximum atomic E-state index is 9.14. The first-order valence-corrected chi connectivity index (χ1v) is 8.10. The van der Waals surface area contributed by atoms with Gasteiger partial charge in [-0.05, 0) is 29.3 Å². The summed E-state index contributed by atoms with van der Waals surface area (Å²) in [4.78, 5) is 0. The van der Waals surface area contributed by atoms with Gasteiger partial charge in [0, 0.05) is 10.9 Å². The molecule has 0 saturated heterocycles. The van der Waals surface area contributed by atoms with E-state index in [-0.39, 0.29) is 0 Å². The summed E-state index contributed by atoms with van der Waals surface area (Å²) in [7, 11) is 0. The second kappa shape index (κ2) is 6.51. The fourth-order valence-corrected chi connectivity index (χ4v) is 2.81. The van der Waals surface area contributed by atoms with Crippen molar-refractivity contribution in [1.29, 1.82) is 5.26 Å². The van der Waals surface area contributed by atoms with Gasteiger partial charge in [0.2, 0.25) is 0 Å². The van der Waals surface area contributed by atoms with Crippen LogP contribution in [0.3, 0.4) is 0 Å². The van der Waals surface area contributed by atoms with Crippen LogP contribution in [0.2, 0.25) is 0 Å². The number of nitriles is 1. The minimum atomic E-state index is 0.678. The second-order valence-electron chi connectivity index (χ2n) is 5.80. The summed E-state index contributed by atoms with van der Waals surface area (Å²) in [5.74, 6) is 0.867. The highest BCUT2D eigenvalue weighted by molar-refractivity contribution is 5.83. The average molecular weight is 321 g/mol. The van der Waals surface area contributed by atoms with Gasteiger partial charge in [-0.3, -0.25) is 0 Å². The maximum Gasteiger partial charge on any atom is 0.135 e. The van der Waals surface area contributed by atoms with Crippen molar-refractivity contribution in [2.75, 3.05) is 0 Å². The Morgan fingerprint density at radius 1 is 0.800 bits per heavy atom. The number of benzene rings is 3. The summed E-state index contributed by atoms with van der Waals surface area (Å²) in [6.45, 7) is 0. The van der Waals surface area contributed by atoms with Crippen LogP contribution in [0.4, 0.5) is 0 Å². The molecule has 2 nitrogen and oxygen atoms in total. The van der Waals surface area contributed by atoms with E-state index < -0.39 is 0 Å². The van der Waals surface area contributed by atoms with Gasteiger partial charge in [-0.1, -0.05) is 72.8 Å². The van der Waals surface area contributed by atoms with Crippen molar-refractivity contribution in [2.45, 2.75) is 0 Å². The van der Waals surface area contributed by atoms with E-state index in [1.54, 1.807) is 0 Å². The zero-order valence-electron chi connectivity index (χ0n) is 13.5. The summed E-state index contributed by atoms with van der Waals surface area (Å²) in [5.41, 5.74) is 4.62. The molecule has 0 aliphatic carbocycles. The number of nitrogens with zero attached hydrogens (tertiary/aromatic N) is 1. The first-order valence-electron chi connectivity index (χ1n) is 8.10. The van der Waals surface area contributed by atoms with Crippen molar-refractivity contribution in [3.8, 4) is 17.4 Å². The molecule has 0 atom stereocenters. The number of hydrogen-bond acceptors (Lipinski definition) is 2. The van der Waals surface area contributed by atoms with E-state index in [1.165, 1.54) is 0 Å². The lowest BCUT2D eigenvalue weighted by Gasteiger charge is -1.99. The van der Waals surface area contributed by atoms with E-state index in [1.807, 2.05) is 84.9 Å². The predicted molar refractivity (Wildman–Crippen MR) is 102 cm³/mol. The molecule has 0 amide bonds. The topological polar surface area (TPSA) is 36.9 Å². The van der Waals surface area contributed by atoms with Crippen LogP contribution in [0.15, 0.2) is 83.3 Å². The fourth-order valence-electron chi connectivity index (χ4n) is 2.81. The highest BCUT2D eigenvalue weighted by Crippen LogP contribution is 2.28. The first-order chi connectivity index (χ1) is 12.3. The van der Waals surface area contributed by atoms with Gasteiger partial charge >= 0.3 is 0 Å². The van der Waals surface area contributed by atoms with Gasteiger partial charge in [-0.2, -0.15) is 5.26 Å². The van der Waals surface area contributed by atoms with Gasteiger partial charge < -0.3 is 4.42 Å². The fraction of sp³-hybridized carbons (Fsp3) is 0. The Bertz CT molecular complexity index is 1060. The Morgan fingerprint density at radius 3 is 2.36 bits per heavy atom. The number of furan rings is 1. The van der Waals surface area contributed by atoms with Gasteiger partial charge in [-0.15, -0.1) is 0 Å². The molecule has 0 unspecified atom stereocenters. The standard InChI is InChI=1S/C23H15NO/c24-16-21-7-2-1-5-18(21)12-9-17-10-13-19(14-11-17)23-15-20-6-3-4-8-22(20)25-23/h1-15H/b12-9+. The molecule has 0 saturated carbocycles. The zero-order chi connectivity index (χ0) is 17.1. The lowest BCUT2D eigenvalue weighted by molar-refractivity contribution is 0.631. The quantitative estimate of drug-likeness (QED) is 0.425. The van der Waals surface area contributed by atoms with Crippen LogP contribution in [0.25, 0.3) is 34.4 Å².